The molecule has 9 nitrogen and oxygen atoms in total. The third-order valence-corrected chi connectivity index (χ3v) is 6.49. The number of alkyl halides is 2. The highest BCUT2D eigenvalue weighted by Gasteiger charge is 2.35. The van der Waals surface area contributed by atoms with Gasteiger partial charge in [-0.2, -0.15) is 0 Å². The second-order valence-corrected chi connectivity index (χ2v) is 8.99. The van der Waals surface area contributed by atoms with Crippen molar-refractivity contribution < 1.29 is 28.2 Å². The number of imidazole rings is 1. The Morgan fingerprint density at radius 2 is 2.16 bits per heavy atom. The van der Waals surface area contributed by atoms with Crippen LogP contribution in [0, 0.1) is 6.92 Å². The zero-order valence-corrected chi connectivity index (χ0v) is 19.3. The van der Waals surface area contributed by atoms with Crippen LogP contribution in [0.1, 0.15) is 51.9 Å². The van der Waals surface area contributed by atoms with Gasteiger partial charge < -0.3 is 25.0 Å². The molecule has 0 aromatic carbocycles. The summed E-state index contributed by atoms with van der Waals surface area (Å²) in [6.45, 7) is 3.98. The van der Waals surface area contributed by atoms with E-state index in [9.17, 15) is 23.5 Å². The summed E-state index contributed by atoms with van der Waals surface area (Å²) in [6.07, 6.45) is 0.175. The number of carbonyl (C=O) groups excluding carboxylic acids is 1. The Hall–Kier alpha value is -2.31. The van der Waals surface area contributed by atoms with Crippen LogP contribution in [0.4, 0.5) is 13.9 Å². The van der Waals surface area contributed by atoms with Crippen molar-refractivity contribution in [1.82, 2.24) is 20.3 Å². The summed E-state index contributed by atoms with van der Waals surface area (Å²) in [5, 5.41) is 12.7. The minimum atomic E-state index is -3.05. The number of thiazole rings is 1. The van der Waals surface area contributed by atoms with Gasteiger partial charge >= 0.3 is 5.97 Å². The Morgan fingerprint density at radius 1 is 1.44 bits per heavy atom. The average molecular weight is 492 g/mol. The number of aromatic amines is 1. The molecule has 1 saturated heterocycles. The van der Waals surface area contributed by atoms with Crippen LogP contribution in [-0.2, 0) is 11.2 Å². The number of nitrogens with one attached hydrogen (secondary N) is 2. The number of aromatic carboxylic acids is 1. The molecule has 0 spiro atoms. The van der Waals surface area contributed by atoms with Crippen molar-refractivity contribution in [3.63, 3.8) is 0 Å². The van der Waals surface area contributed by atoms with Crippen molar-refractivity contribution in [2.45, 2.75) is 51.7 Å². The van der Waals surface area contributed by atoms with Crippen molar-refractivity contribution in [1.29, 1.82) is 0 Å². The lowest BCUT2D eigenvalue weighted by molar-refractivity contribution is -0.0947. The van der Waals surface area contributed by atoms with Crippen LogP contribution in [0.15, 0.2) is 0 Å². The van der Waals surface area contributed by atoms with E-state index in [0.29, 0.717) is 35.9 Å². The van der Waals surface area contributed by atoms with E-state index in [-0.39, 0.29) is 22.4 Å². The van der Waals surface area contributed by atoms with Crippen LogP contribution in [0.25, 0.3) is 0 Å². The minimum Gasteiger partial charge on any atom is -0.477 e. The van der Waals surface area contributed by atoms with Crippen LogP contribution in [-0.4, -0.2) is 69.7 Å². The average Bonchev–Trinajstić information content (AvgIpc) is 3.29. The molecule has 0 aliphatic carbocycles. The first-order chi connectivity index (χ1) is 15.0. The van der Waals surface area contributed by atoms with Gasteiger partial charge in [0.05, 0.1) is 23.5 Å². The SMILES string of the molecule is CCc1[nH]c(C(=O)N[C@H]2CCN(c3nc(C)c(C(=O)O)s3)C[C@H]2OCC(C)(F)F)nc1Cl. The van der Waals surface area contributed by atoms with Gasteiger partial charge in [0.1, 0.15) is 11.5 Å². The molecule has 3 N–H and O–H groups in total. The molecule has 0 unspecified atom stereocenters. The number of carboxylic acid groups (broad SMARTS) is 1. The zero-order chi connectivity index (χ0) is 23.6. The number of piperidine rings is 1. The van der Waals surface area contributed by atoms with Crippen molar-refractivity contribution in [3.05, 3.63) is 27.2 Å². The van der Waals surface area contributed by atoms with Crippen LogP contribution in [0.3, 0.4) is 0 Å². The van der Waals surface area contributed by atoms with Crippen LogP contribution < -0.4 is 10.2 Å². The third kappa shape index (κ3) is 5.73. The van der Waals surface area contributed by atoms with Gasteiger partial charge in [-0.3, -0.25) is 4.79 Å². The maximum atomic E-state index is 13.5. The fourth-order valence-corrected chi connectivity index (χ4v) is 4.57. The molecular formula is C19H24ClF2N5O4S. The molecule has 0 bridgehead atoms. The first kappa shape index (κ1) is 24.3. The van der Waals surface area contributed by atoms with E-state index in [2.05, 4.69) is 20.3 Å². The van der Waals surface area contributed by atoms with E-state index in [1.807, 2.05) is 6.92 Å². The van der Waals surface area contributed by atoms with Crippen molar-refractivity contribution >= 4 is 39.9 Å². The molecule has 0 saturated carbocycles. The molecule has 2 atom stereocenters. The Kier molecular flexibility index (Phi) is 7.36. The summed E-state index contributed by atoms with van der Waals surface area (Å²) in [4.78, 5) is 37.1. The number of carbonyl (C=O) groups is 2. The van der Waals surface area contributed by atoms with Crippen LogP contribution in [0.5, 0.6) is 0 Å². The number of nitrogens with zero attached hydrogens (tertiary/aromatic N) is 3. The molecule has 0 radical (unpaired) electrons. The monoisotopic (exact) mass is 491 g/mol. The molecule has 2 aromatic heterocycles. The highest BCUT2D eigenvalue weighted by atomic mass is 35.5. The second-order valence-electron chi connectivity index (χ2n) is 7.66. The highest BCUT2D eigenvalue weighted by Crippen LogP contribution is 2.29. The first-order valence-corrected chi connectivity index (χ1v) is 11.2. The number of carboxylic acids is 1. The quantitative estimate of drug-likeness (QED) is 0.518. The second kappa shape index (κ2) is 9.67. The molecule has 1 fully saturated rings. The highest BCUT2D eigenvalue weighted by molar-refractivity contribution is 7.17. The molecule has 1 aliphatic rings. The zero-order valence-electron chi connectivity index (χ0n) is 17.7. The van der Waals surface area contributed by atoms with Gasteiger partial charge in [-0.25, -0.2) is 23.5 Å². The molecule has 1 amide bonds. The van der Waals surface area contributed by atoms with Gasteiger partial charge in [0.2, 0.25) is 0 Å². The predicted molar refractivity (Wildman–Crippen MR) is 115 cm³/mol. The number of H-pyrrole nitrogens is 1. The number of hydrogen-bond donors (Lipinski definition) is 3. The maximum Gasteiger partial charge on any atom is 0.347 e. The van der Waals surface area contributed by atoms with E-state index in [4.69, 9.17) is 16.3 Å². The van der Waals surface area contributed by atoms with Gasteiger partial charge in [-0.15, -0.1) is 0 Å². The van der Waals surface area contributed by atoms with Crippen molar-refractivity contribution in [2.24, 2.45) is 0 Å². The predicted octanol–water partition coefficient (Wildman–Crippen LogP) is 3.14. The van der Waals surface area contributed by atoms with Gasteiger partial charge in [-0.1, -0.05) is 29.9 Å². The summed E-state index contributed by atoms with van der Waals surface area (Å²) in [7, 11) is 0. The van der Waals surface area contributed by atoms with Gasteiger partial charge in [0, 0.05) is 20.0 Å². The number of hydrogen-bond acceptors (Lipinski definition) is 7. The maximum absolute atomic E-state index is 13.5. The van der Waals surface area contributed by atoms with E-state index in [1.54, 1.807) is 11.8 Å². The number of aryl methyl sites for hydroxylation is 2. The lowest BCUT2D eigenvalue weighted by Gasteiger charge is -2.38. The lowest BCUT2D eigenvalue weighted by atomic mass is 10.0. The summed E-state index contributed by atoms with van der Waals surface area (Å²) in [6, 6.07) is -0.560. The third-order valence-electron chi connectivity index (χ3n) is 4.97. The number of aromatic nitrogens is 3. The minimum absolute atomic E-state index is 0.0375. The van der Waals surface area contributed by atoms with E-state index in [1.165, 1.54) is 0 Å². The Bertz CT molecular complexity index is 993. The van der Waals surface area contributed by atoms with E-state index < -0.39 is 36.6 Å². The number of anilines is 1. The largest absolute Gasteiger partial charge is 0.477 e. The fourth-order valence-electron chi connectivity index (χ4n) is 3.36. The van der Waals surface area contributed by atoms with Crippen LogP contribution in [0.2, 0.25) is 5.15 Å². The molecule has 2 aromatic rings. The van der Waals surface area contributed by atoms with Gasteiger partial charge in [0.15, 0.2) is 16.1 Å². The van der Waals surface area contributed by atoms with Crippen molar-refractivity contribution in [3.8, 4) is 0 Å². The molecule has 176 valence electrons. The smallest absolute Gasteiger partial charge is 0.347 e. The molecular weight excluding hydrogens is 468 g/mol. The lowest BCUT2D eigenvalue weighted by Crippen LogP contribution is -2.56. The Balaban J connectivity index is 1.76. The first-order valence-electron chi connectivity index (χ1n) is 9.98. The van der Waals surface area contributed by atoms with Gasteiger partial charge in [0.25, 0.3) is 11.8 Å². The molecule has 32 heavy (non-hydrogen) atoms. The van der Waals surface area contributed by atoms with E-state index >= 15 is 0 Å². The summed E-state index contributed by atoms with van der Waals surface area (Å²) >= 11 is 7.01. The Labute approximate surface area is 192 Å². The number of halogens is 3. The normalized spacial score (nSPS) is 19.2. The van der Waals surface area contributed by atoms with Gasteiger partial charge in [-0.05, 0) is 19.8 Å². The molecule has 1 aliphatic heterocycles. The summed E-state index contributed by atoms with van der Waals surface area (Å²) in [5.41, 5.74) is 1.00. The standard InChI is InChI=1S/C19H24ClF2N5O4S/c1-4-10-14(20)26-15(24-10)16(28)25-11-5-6-27(7-12(11)31-8-19(3,21)22)18-23-9(2)13(32-18)17(29)30/h11-12H,4-8H2,1-3H3,(H,24,26)(H,25,28)(H,29,30)/t11-,12+/m0/s1. The number of rotatable bonds is 8. The summed E-state index contributed by atoms with van der Waals surface area (Å²) in [5.74, 6) is -4.60. The molecule has 3 rings (SSSR count). The fraction of sp³-hybridized carbons (Fsp3) is 0.579. The van der Waals surface area contributed by atoms with Crippen molar-refractivity contribution in [2.75, 3.05) is 24.6 Å². The number of ether oxygens (including phenoxy) is 1. The topological polar surface area (TPSA) is 120 Å². The Morgan fingerprint density at radius 3 is 2.72 bits per heavy atom. The number of amides is 1. The summed E-state index contributed by atoms with van der Waals surface area (Å²) < 4.78 is 32.4. The molecule has 13 heteroatoms. The molecule has 3 heterocycles. The van der Waals surface area contributed by atoms with Crippen LogP contribution >= 0.6 is 22.9 Å². The van der Waals surface area contributed by atoms with E-state index in [0.717, 1.165) is 18.3 Å².